The summed E-state index contributed by atoms with van der Waals surface area (Å²) in [5.41, 5.74) is 0. The van der Waals surface area contributed by atoms with Gasteiger partial charge < -0.3 is 9.47 Å². The predicted octanol–water partition coefficient (Wildman–Crippen LogP) is 0.235. The van der Waals surface area contributed by atoms with Crippen LogP contribution in [0.2, 0.25) is 0 Å². The monoisotopic (exact) mass is 191 g/mol. The molecular formula is C8H17NO4. The molecule has 0 aliphatic rings. The third-order valence-corrected chi connectivity index (χ3v) is 1.49. The Bertz CT molecular complexity index is 140. The van der Waals surface area contributed by atoms with Crippen LogP contribution in [0, 0.1) is 0 Å². The van der Waals surface area contributed by atoms with Crippen molar-refractivity contribution in [3.63, 3.8) is 0 Å². The highest BCUT2D eigenvalue weighted by molar-refractivity contribution is 5.74. The number of hydrogen-bond acceptors (Lipinski definition) is 5. The minimum atomic E-state index is -0.818. The van der Waals surface area contributed by atoms with Crippen molar-refractivity contribution < 1.29 is 19.1 Å². The van der Waals surface area contributed by atoms with Gasteiger partial charge in [-0.15, -0.1) is 0 Å². The predicted molar refractivity (Wildman–Crippen MR) is 46.8 cm³/mol. The zero-order valence-corrected chi connectivity index (χ0v) is 8.12. The summed E-state index contributed by atoms with van der Waals surface area (Å²) in [6, 6.07) is 0. The number of ether oxygens (including phenoxy) is 2. The molecule has 0 heterocycles. The van der Waals surface area contributed by atoms with Gasteiger partial charge in [0.2, 0.25) is 0 Å². The molecule has 2 N–H and O–H groups in total. The third-order valence-electron chi connectivity index (χ3n) is 1.49. The molecule has 0 aliphatic carbocycles. The maximum atomic E-state index is 11.1. The Morgan fingerprint density at radius 1 is 1.54 bits per heavy atom. The first-order chi connectivity index (χ1) is 6.26. The minimum absolute atomic E-state index is 0.113. The first kappa shape index (κ1) is 12.3. The molecule has 0 saturated carbocycles. The maximum absolute atomic E-state index is 11.1. The lowest BCUT2D eigenvalue weighted by Crippen LogP contribution is -2.33. The number of hydrogen-bond donors (Lipinski definition) is 1. The molecule has 13 heavy (non-hydrogen) atoms. The van der Waals surface area contributed by atoms with E-state index in [4.69, 9.17) is 15.4 Å². The molecule has 0 fully saturated rings. The summed E-state index contributed by atoms with van der Waals surface area (Å²) in [4.78, 5) is 15.5. The Morgan fingerprint density at radius 3 is 2.69 bits per heavy atom. The molecule has 0 bridgehead atoms. The lowest BCUT2D eigenvalue weighted by molar-refractivity contribution is -0.161. The van der Waals surface area contributed by atoms with Crippen LogP contribution in [-0.2, 0) is 19.1 Å². The summed E-state index contributed by atoms with van der Waals surface area (Å²) in [5.74, 6) is 4.41. The lowest BCUT2D eigenvalue weighted by Gasteiger charge is -2.12. The SMILES string of the molecule is CCCCOC(=O)C(COC)ON. The van der Waals surface area contributed by atoms with Gasteiger partial charge >= 0.3 is 5.97 Å². The number of unbranched alkanes of at least 4 members (excludes halogenated alkanes) is 1. The van der Waals surface area contributed by atoms with E-state index in [1.165, 1.54) is 7.11 Å². The van der Waals surface area contributed by atoms with Crippen LogP contribution in [-0.4, -0.2) is 32.4 Å². The summed E-state index contributed by atoms with van der Waals surface area (Å²) in [7, 11) is 1.46. The Balaban J connectivity index is 3.64. The van der Waals surface area contributed by atoms with Crippen molar-refractivity contribution in [3.05, 3.63) is 0 Å². The van der Waals surface area contributed by atoms with Gasteiger partial charge in [0.05, 0.1) is 13.2 Å². The van der Waals surface area contributed by atoms with Crippen LogP contribution < -0.4 is 5.90 Å². The second-order valence-electron chi connectivity index (χ2n) is 2.60. The summed E-state index contributed by atoms with van der Waals surface area (Å²) in [5, 5.41) is 0. The number of methoxy groups -OCH3 is 1. The molecule has 5 nitrogen and oxygen atoms in total. The topological polar surface area (TPSA) is 70.8 Å². The van der Waals surface area contributed by atoms with E-state index in [2.05, 4.69) is 4.84 Å². The minimum Gasteiger partial charge on any atom is -0.464 e. The molecule has 1 unspecified atom stereocenters. The fraction of sp³-hybridized carbons (Fsp3) is 0.875. The van der Waals surface area contributed by atoms with E-state index in [0.717, 1.165) is 12.8 Å². The quantitative estimate of drug-likeness (QED) is 0.354. The number of carbonyl (C=O) groups excluding carboxylic acids is 1. The molecule has 0 aliphatic heterocycles. The normalized spacial score (nSPS) is 12.5. The van der Waals surface area contributed by atoms with Gasteiger partial charge in [-0.3, -0.25) is 4.84 Å². The van der Waals surface area contributed by atoms with Gasteiger partial charge in [-0.1, -0.05) is 13.3 Å². The first-order valence-corrected chi connectivity index (χ1v) is 4.27. The smallest absolute Gasteiger partial charge is 0.339 e. The molecule has 0 rings (SSSR count). The fourth-order valence-electron chi connectivity index (χ4n) is 0.724. The van der Waals surface area contributed by atoms with Crippen LogP contribution in [0.25, 0.3) is 0 Å². The van der Waals surface area contributed by atoms with E-state index in [-0.39, 0.29) is 6.61 Å². The van der Waals surface area contributed by atoms with Crippen molar-refractivity contribution in [2.45, 2.75) is 25.9 Å². The highest BCUT2D eigenvalue weighted by Crippen LogP contribution is 1.96. The Labute approximate surface area is 78.1 Å². The number of esters is 1. The second kappa shape index (κ2) is 7.97. The molecule has 1 atom stereocenters. The van der Waals surface area contributed by atoms with E-state index < -0.39 is 12.1 Å². The summed E-state index contributed by atoms with van der Waals surface area (Å²) < 4.78 is 9.58. The van der Waals surface area contributed by atoms with Gasteiger partial charge in [-0.2, -0.15) is 0 Å². The first-order valence-electron chi connectivity index (χ1n) is 4.27. The fourth-order valence-corrected chi connectivity index (χ4v) is 0.724. The Morgan fingerprint density at radius 2 is 2.23 bits per heavy atom. The van der Waals surface area contributed by atoms with Crippen molar-refractivity contribution in [3.8, 4) is 0 Å². The number of rotatable bonds is 7. The van der Waals surface area contributed by atoms with Crippen molar-refractivity contribution in [1.29, 1.82) is 0 Å². The van der Waals surface area contributed by atoms with Crippen molar-refractivity contribution >= 4 is 5.97 Å². The van der Waals surface area contributed by atoms with E-state index in [9.17, 15) is 4.79 Å². The Hall–Kier alpha value is -0.650. The van der Waals surface area contributed by atoms with Gasteiger partial charge in [0.25, 0.3) is 0 Å². The average Bonchev–Trinajstić information content (AvgIpc) is 2.14. The average molecular weight is 191 g/mol. The van der Waals surface area contributed by atoms with Crippen LogP contribution in [0.15, 0.2) is 0 Å². The Kier molecular flexibility index (Phi) is 7.57. The van der Waals surface area contributed by atoms with E-state index in [0.29, 0.717) is 6.61 Å². The molecular weight excluding hydrogens is 174 g/mol. The second-order valence-corrected chi connectivity index (χ2v) is 2.60. The third kappa shape index (κ3) is 5.57. The highest BCUT2D eigenvalue weighted by Gasteiger charge is 2.19. The summed E-state index contributed by atoms with van der Waals surface area (Å²) in [6.45, 7) is 2.53. The highest BCUT2D eigenvalue weighted by atomic mass is 16.7. The molecule has 0 aromatic heterocycles. The van der Waals surface area contributed by atoms with Crippen LogP contribution >= 0.6 is 0 Å². The zero-order valence-electron chi connectivity index (χ0n) is 8.12. The van der Waals surface area contributed by atoms with Crippen molar-refractivity contribution in [2.24, 2.45) is 5.90 Å². The molecule has 0 spiro atoms. The summed E-state index contributed by atoms with van der Waals surface area (Å²) in [6.07, 6.45) is 1.00. The molecule has 0 aromatic rings. The molecule has 5 heteroatoms. The maximum Gasteiger partial charge on any atom is 0.339 e. The van der Waals surface area contributed by atoms with Gasteiger partial charge in [-0.05, 0) is 6.42 Å². The summed E-state index contributed by atoms with van der Waals surface area (Å²) >= 11 is 0. The molecule has 78 valence electrons. The van der Waals surface area contributed by atoms with Crippen LogP contribution in [0.5, 0.6) is 0 Å². The number of nitrogens with two attached hydrogens (primary N) is 1. The van der Waals surface area contributed by atoms with Crippen LogP contribution in [0.4, 0.5) is 0 Å². The van der Waals surface area contributed by atoms with E-state index in [1.807, 2.05) is 6.92 Å². The molecule has 0 aromatic carbocycles. The molecule has 0 radical (unpaired) electrons. The van der Waals surface area contributed by atoms with Crippen molar-refractivity contribution in [2.75, 3.05) is 20.3 Å². The molecule has 0 amide bonds. The van der Waals surface area contributed by atoms with E-state index in [1.54, 1.807) is 0 Å². The lowest BCUT2D eigenvalue weighted by atomic mass is 10.3. The van der Waals surface area contributed by atoms with Crippen molar-refractivity contribution in [1.82, 2.24) is 0 Å². The van der Waals surface area contributed by atoms with E-state index >= 15 is 0 Å². The zero-order chi connectivity index (χ0) is 10.1. The number of carbonyl (C=O) groups is 1. The van der Waals surface area contributed by atoms with Crippen LogP contribution in [0.3, 0.4) is 0 Å². The molecule has 0 saturated heterocycles. The van der Waals surface area contributed by atoms with Gasteiger partial charge in [-0.25, -0.2) is 10.7 Å². The van der Waals surface area contributed by atoms with Crippen LogP contribution in [0.1, 0.15) is 19.8 Å². The largest absolute Gasteiger partial charge is 0.464 e. The standard InChI is InChI=1S/C8H17NO4/c1-3-4-5-12-8(10)7(13-9)6-11-2/h7H,3-6,9H2,1-2H3. The van der Waals surface area contributed by atoms with Gasteiger partial charge in [0.1, 0.15) is 0 Å². The van der Waals surface area contributed by atoms with Gasteiger partial charge in [0.15, 0.2) is 6.10 Å². The van der Waals surface area contributed by atoms with Gasteiger partial charge in [0, 0.05) is 7.11 Å².